The number of nitrogens with zero attached hydrogens (tertiary/aromatic N) is 3. The third-order valence-corrected chi connectivity index (χ3v) is 3.61. The van der Waals surface area contributed by atoms with Gasteiger partial charge in [-0.2, -0.15) is 5.10 Å². The van der Waals surface area contributed by atoms with Crippen molar-refractivity contribution in [3.8, 4) is 0 Å². The highest BCUT2D eigenvalue weighted by molar-refractivity contribution is 5.79. The van der Waals surface area contributed by atoms with Crippen LogP contribution in [0, 0.1) is 6.92 Å². The molecule has 2 aromatic rings. The Labute approximate surface area is 118 Å². The van der Waals surface area contributed by atoms with Crippen LogP contribution in [0.4, 0.5) is 5.95 Å². The first-order valence-corrected chi connectivity index (χ1v) is 6.61. The SMILES string of the molecule is Cc1cn(N=Cc2ccc(C3(C)COC3)cc2)c(N)n1. The Morgan fingerprint density at radius 3 is 2.55 bits per heavy atom. The molecule has 0 spiro atoms. The summed E-state index contributed by atoms with van der Waals surface area (Å²) in [6, 6.07) is 8.38. The highest BCUT2D eigenvalue weighted by Crippen LogP contribution is 2.31. The molecule has 0 radical (unpaired) electrons. The number of hydrogen-bond acceptors (Lipinski definition) is 4. The summed E-state index contributed by atoms with van der Waals surface area (Å²) in [5, 5.41) is 4.30. The topological polar surface area (TPSA) is 65.4 Å². The number of hydrogen-bond donors (Lipinski definition) is 1. The number of imidazole rings is 1. The summed E-state index contributed by atoms with van der Waals surface area (Å²) in [5.41, 5.74) is 9.09. The lowest BCUT2D eigenvalue weighted by molar-refractivity contribution is -0.0500. The number of aryl methyl sites for hydroxylation is 1. The zero-order valence-corrected chi connectivity index (χ0v) is 11.7. The average Bonchev–Trinajstić information content (AvgIpc) is 2.72. The molecule has 20 heavy (non-hydrogen) atoms. The van der Waals surface area contributed by atoms with Gasteiger partial charge in [-0.05, 0) is 18.1 Å². The van der Waals surface area contributed by atoms with Crippen molar-refractivity contribution >= 4 is 12.2 Å². The Bertz CT molecular complexity index is 638. The summed E-state index contributed by atoms with van der Waals surface area (Å²) >= 11 is 0. The fourth-order valence-corrected chi connectivity index (χ4v) is 2.27. The standard InChI is InChI=1S/C15H18N4O/c1-11-8-19(14(16)18-11)17-7-12-3-5-13(6-4-12)15(2)9-20-10-15/h3-8H,9-10H2,1-2H3,(H2,16,18). The second kappa shape index (κ2) is 4.76. The fraction of sp³-hybridized carbons (Fsp3) is 0.333. The van der Waals surface area contributed by atoms with Crippen LogP contribution in [0.3, 0.4) is 0 Å². The molecule has 1 aromatic heterocycles. The molecule has 3 rings (SSSR count). The van der Waals surface area contributed by atoms with Crippen molar-refractivity contribution in [2.24, 2.45) is 5.10 Å². The zero-order valence-electron chi connectivity index (χ0n) is 11.7. The molecule has 1 aliphatic rings. The van der Waals surface area contributed by atoms with Crippen LogP contribution >= 0.6 is 0 Å². The van der Waals surface area contributed by atoms with Gasteiger partial charge in [-0.1, -0.05) is 31.2 Å². The number of ether oxygens (including phenoxy) is 1. The number of rotatable bonds is 3. The maximum atomic E-state index is 5.74. The number of aromatic nitrogens is 2. The molecule has 0 unspecified atom stereocenters. The van der Waals surface area contributed by atoms with E-state index in [2.05, 4.69) is 41.3 Å². The van der Waals surface area contributed by atoms with Gasteiger partial charge in [0.05, 0.1) is 31.3 Å². The van der Waals surface area contributed by atoms with Crippen molar-refractivity contribution in [3.63, 3.8) is 0 Å². The van der Waals surface area contributed by atoms with Gasteiger partial charge in [-0.15, -0.1) is 0 Å². The molecule has 0 amide bonds. The van der Waals surface area contributed by atoms with Gasteiger partial charge in [0.2, 0.25) is 5.95 Å². The minimum Gasteiger partial charge on any atom is -0.379 e. The van der Waals surface area contributed by atoms with Gasteiger partial charge in [0.25, 0.3) is 0 Å². The van der Waals surface area contributed by atoms with E-state index in [1.54, 1.807) is 17.1 Å². The third kappa shape index (κ3) is 2.32. The van der Waals surface area contributed by atoms with Crippen molar-refractivity contribution in [1.82, 2.24) is 9.66 Å². The molecule has 1 fully saturated rings. The Kier molecular flexibility index (Phi) is 3.06. The molecule has 5 heteroatoms. The van der Waals surface area contributed by atoms with Crippen molar-refractivity contribution in [1.29, 1.82) is 0 Å². The van der Waals surface area contributed by atoms with Crippen LogP contribution in [0.5, 0.6) is 0 Å². The lowest BCUT2D eigenvalue weighted by Gasteiger charge is -2.38. The molecule has 5 nitrogen and oxygen atoms in total. The first-order chi connectivity index (χ1) is 9.57. The summed E-state index contributed by atoms with van der Waals surface area (Å²) in [5.74, 6) is 0.398. The molecule has 1 aliphatic heterocycles. The summed E-state index contributed by atoms with van der Waals surface area (Å²) < 4.78 is 6.87. The molecular formula is C15H18N4O. The van der Waals surface area contributed by atoms with Gasteiger partial charge in [0, 0.05) is 5.41 Å². The van der Waals surface area contributed by atoms with Gasteiger partial charge < -0.3 is 10.5 Å². The van der Waals surface area contributed by atoms with Crippen LogP contribution in [-0.4, -0.2) is 29.1 Å². The van der Waals surface area contributed by atoms with Crippen molar-refractivity contribution < 1.29 is 4.74 Å². The highest BCUT2D eigenvalue weighted by Gasteiger charge is 2.34. The molecule has 2 N–H and O–H groups in total. The first-order valence-electron chi connectivity index (χ1n) is 6.61. The van der Waals surface area contributed by atoms with Crippen molar-refractivity contribution in [2.75, 3.05) is 18.9 Å². The monoisotopic (exact) mass is 270 g/mol. The van der Waals surface area contributed by atoms with Gasteiger partial charge in [0.15, 0.2) is 0 Å². The summed E-state index contributed by atoms with van der Waals surface area (Å²) in [6.07, 6.45) is 3.58. The van der Waals surface area contributed by atoms with Crippen LogP contribution in [-0.2, 0) is 10.2 Å². The quantitative estimate of drug-likeness (QED) is 0.867. The molecule has 1 saturated heterocycles. The smallest absolute Gasteiger partial charge is 0.221 e. The number of nitrogens with two attached hydrogens (primary N) is 1. The van der Waals surface area contributed by atoms with Crippen LogP contribution in [0.15, 0.2) is 35.6 Å². The second-order valence-electron chi connectivity index (χ2n) is 5.51. The van der Waals surface area contributed by atoms with Crippen LogP contribution in [0.2, 0.25) is 0 Å². The Balaban J connectivity index is 1.76. The van der Waals surface area contributed by atoms with Gasteiger partial charge in [-0.3, -0.25) is 0 Å². The van der Waals surface area contributed by atoms with Crippen LogP contribution < -0.4 is 5.73 Å². The van der Waals surface area contributed by atoms with E-state index in [4.69, 9.17) is 10.5 Å². The van der Waals surface area contributed by atoms with Crippen molar-refractivity contribution in [3.05, 3.63) is 47.3 Å². The molecule has 0 saturated carbocycles. The molecular weight excluding hydrogens is 252 g/mol. The largest absolute Gasteiger partial charge is 0.379 e. The highest BCUT2D eigenvalue weighted by atomic mass is 16.5. The first kappa shape index (κ1) is 12.9. The molecule has 104 valence electrons. The predicted octanol–water partition coefficient (Wildman–Crippen LogP) is 1.94. The van der Waals surface area contributed by atoms with Crippen LogP contribution in [0.25, 0.3) is 0 Å². The van der Waals surface area contributed by atoms with E-state index in [-0.39, 0.29) is 5.41 Å². The van der Waals surface area contributed by atoms with Gasteiger partial charge >= 0.3 is 0 Å². The molecule has 1 aromatic carbocycles. The summed E-state index contributed by atoms with van der Waals surface area (Å²) in [6.45, 7) is 5.70. The van der Waals surface area contributed by atoms with Crippen LogP contribution in [0.1, 0.15) is 23.7 Å². The summed E-state index contributed by atoms with van der Waals surface area (Å²) in [7, 11) is 0. The van der Waals surface area contributed by atoms with E-state index in [1.807, 2.05) is 6.92 Å². The van der Waals surface area contributed by atoms with E-state index in [1.165, 1.54) is 5.56 Å². The molecule has 0 bridgehead atoms. The lowest BCUT2D eigenvalue weighted by atomic mass is 9.81. The third-order valence-electron chi connectivity index (χ3n) is 3.61. The fourth-order valence-electron chi connectivity index (χ4n) is 2.27. The number of anilines is 1. The molecule has 0 atom stereocenters. The predicted molar refractivity (Wildman–Crippen MR) is 79.0 cm³/mol. The van der Waals surface area contributed by atoms with Crippen molar-refractivity contribution in [2.45, 2.75) is 19.3 Å². The summed E-state index contributed by atoms with van der Waals surface area (Å²) in [4.78, 5) is 4.10. The Morgan fingerprint density at radius 1 is 1.35 bits per heavy atom. The Morgan fingerprint density at radius 2 is 2.05 bits per heavy atom. The van der Waals surface area contributed by atoms with E-state index in [9.17, 15) is 0 Å². The van der Waals surface area contributed by atoms with E-state index >= 15 is 0 Å². The molecule has 0 aliphatic carbocycles. The maximum absolute atomic E-state index is 5.74. The Hall–Kier alpha value is -2.14. The maximum Gasteiger partial charge on any atom is 0.221 e. The number of benzene rings is 1. The van der Waals surface area contributed by atoms with Gasteiger partial charge in [0.1, 0.15) is 0 Å². The number of nitrogen functional groups attached to an aromatic ring is 1. The van der Waals surface area contributed by atoms with Gasteiger partial charge in [-0.25, -0.2) is 9.66 Å². The molecule has 2 heterocycles. The zero-order chi connectivity index (χ0) is 14.2. The van der Waals surface area contributed by atoms with E-state index in [0.29, 0.717) is 5.95 Å². The van der Waals surface area contributed by atoms with E-state index in [0.717, 1.165) is 24.5 Å². The normalized spacial score (nSPS) is 17.3. The lowest BCUT2D eigenvalue weighted by Crippen LogP contribution is -2.43. The van der Waals surface area contributed by atoms with E-state index < -0.39 is 0 Å². The second-order valence-corrected chi connectivity index (χ2v) is 5.51. The minimum atomic E-state index is 0.168. The average molecular weight is 270 g/mol. The minimum absolute atomic E-state index is 0.168.